The van der Waals surface area contributed by atoms with Crippen LogP contribution in [0, 0.1) is 6.92 Å². The number of hydrogen-bond acceptors (Lipinski definition) is 4. The van der Waals surface area contributed by atoms with Crippen molar-refractivity contribution < 1.29 is 0 Å². The third kappa shape index (κ3) is 1.78. The predicted molar refractivity (Wildman–Crippen MR) is 57.1 cm³/mol. The van der Waals surface area contributed by atoms with Crippen molar-refractivity contribution in [2.75, 3.05) is 11.1 Å². The highest BCUT2D eigenvalue weighted by atomic mass is 15.1. The summed E-state index contributed by atoms with van der Waals surface area (Å²) >= 11 is 0. The van der Waals surface area contributed by atoms with Gasteiger partial charge in [0.2, 0.25) is 0 Å². The fourth-order valence-corrected chi connectivity index (χ4v) is 1.80. The molecule has 0 aliphatic heterocycles. The number of hydrogen-bond donors (Lipinski definition) is 2. The molecule has 0 radical (unpaired) electrons. The van der Waals surface area contributed by atoms with Gasteiger partial charge in [0.05, 0.1) is 0 Å². The van der Waals surface area contributed by atoms with Gasteiger partial charge in [-0.2, -0.15) is 0 Å². The average Bonchev–Trinajstić information content (AvgIpc) is 1.99. The minimum Gasteiger partial charge on any atom is -0.384 e. The van der Waals surface area contributed by atoms with E-state index in [1.165, 1.54) is 19.3 Å². The zero-order chi connectivity index (χ0) is 10.2. The van der Waals surface area contributed by atoms with Crippen LogP contribution in [0.5, 0.6) is 0 Å². The number of aromatic nitrogens is 2. The van der Waals surface area contributed by atoms with Crippen LogP contribution in [0.4, 0.5) is 11.6 Å². The minimum absolute atomic E-state index is 0.216. The Hall–Kier alpha value is -1.32. The maximum Gasteiger partial charge on any atom is 0.132 e. The molecule has 1 aromatic rings. The molecule has 0 amide bonds. The Morgan fingerprint density at radius 2 is 2.14 bits per heavy atom. The van der Waals surface area contributed by atoms with Gasteiger partial charge in [-0.3, -0.25) is 0 Å². The van der Waals surface area contributed by atoms with Gasteiger partial charge in [-0.25, -0.2) is 9.97 Å². The van der Waals surface area contributed by atoms with Gasteiger partial charge in [0.1, 0.15) is 17.5 Å². The van der Waals surface area contributed by atoms with Crippen LogP contribution in [0.1, 0.15) is 32.0 Å². The first-order valence-corrected chi connectivity index (χ1v) is 4.97. The van der Waals surface area contributed by atoms with E-state index in [0.29, 0.717) is 5.82 Å². The first-order valence-electron chi connectivity index (χ1n) is 4.97. The van der Waals surface area contributed by atoms with Crippen molar-refractivity contribution in [1.82, 2.24) is 9.97 Å². The highest BCUT2D eigenvalue weighted by Crippen LogP contribution is 2.34. The molecule has 0 bridgehead atoms. The monoisotopic (exact) mass is 192 g/mol. The summed E-state index contributed by atoms with van der Waals surface area (Å²) in [7, 11) is 0. The molecule has 4 nitrogen and oxygen atoms in total. The molecule has 14 heavy (non-hydrogen) atoms. The molecule has 0 aromatic carbocycles. The van der Waals surface area contributed by atoms with E-state index in [9.17, 15) is 0 Å². The van der Waals surface area contributed by atoms with Gasteiger partial charge in [0.15, 0.2) is 0 Å². The largest absolute Gasteiger partial charge is 0.384 e. The van der Waals surface area contributed by atoms with Gasteiger partial charge in [-0.15, -0.1) is 0 Å². The van der Waals surface area contributed by atoms with E-state index < -0.39 is 0 Å². The van der Waals surface area contributed by atoms with E-state index in [4.69, 9.17) is 5.73 Å². The maximum atomic E-state index is 5.65. The minimum atomic E-state index is 0.216. The molecule has 1 fully saturated rings. The molecular formula is C10H16N4. The van der Waals surface area contributed by atoms with E-state index in [-0.39, 0.29) is 5.54 Å². The van der Waals surface area contributed by atoms with E-state index in [0.717, 1.165) is 11.6 Å². The fraction of sp³-hybridized carbons (Fsp3) is 0.600. The molecule has 1 aromatic heterocycles. The summed E-state index contributed by atoms with van der Waals surface area (Å²) in [6, 6.07) is 1.79. The van der Waals surface area contributed by atoms with Crippen LogP contribution in [0.2, 0.25) is 0 Å². The van der Waals surface area contributed by atoms with Gasteiger partial charge >= 0.3 is 0 Å². The lowest BCUT2D eigenvalue weighted by molar-refractivity contribution is 0.305. The normalized spacial score (nSPS) is 18.7. The summed E-state index contributed by atoms with van der Waals surface area (Å²) in [4.78, 5) is 8.33. The Kier molecular flexibility index (Phi) is 2.06. The second kappa shape index (κ2) is 3.12. The van der Waals surface area contributed by atoms with Crippen LogP contribution in [0.25, 0.3) is 0 Å². The average molecular weight is 192 g/mol. The van der Waals surface area contributed by atoms with Crippen LogP contribution in [-0.4, -0.2) is 15.5 Å². The SMILES string of the molecule is Cc1nc(N)cc(NC2(C)CCC2)n1. The standard InChI is InChI=1S/C10H16N4/c1-7-12-8(11)6-9(13-7)14-10(2)4-3-5-10/h6H,3-5H2,1-2H3,(H3,11,12,13,14). The van der Waals surface area contributed by atoms with Crippen LogP contribution in [0.15, 0.2) is 6.07 Å². The van der Waals surface area contributed by atoms with Crippen molar-refractivity contribution in [3.8, 4) is 0 Å². The number of nitrogens with two attached hydrogens (primary N) is 1. The Bertz CT molecular complexity index is 324. The van der Waals surface area contributed by atoms with Gasteiger partial charge in [-0.05, 0) is 33.1 Å². The highest BCUT2D eigenvalue weighted by molar-refractivity contribution is 5.46. The summed E-state index contributed by atoms with van der Waals surface area (Å²) in [5.74, 6) is 2.09. The lowest BCUT2D eigenvalue weighted by Crippen LogP contribution is -2.41. The second-order valence-corrected chi connectivity index (χ2v) is 4.26. The molecule has 1 aliphatic rings. The van der Waals surface area contributed by atoms with Crippen molar-refractivity contribution in [3.63, 3.8) is 0 Å². The number of nitrogens with zero attached hydrogens (tertiary/aromatic N) is 2. The molecule has 0 spiro atoms. The Morgan fingerprint density at radius 1 is 1.43 bits per heavy atom. The summed E-state index contributed by atoms with van der Waals surface area (Å²) in [6.45, 7) is 4.06. The molecule has 4 heteroatoms. The molecule has 1 aliphatic carbocycles. The smallest absolute Gasteiger partial charge is 0.132 e. The van der Waals surface area contributed by atoms with Crippen LogP contribution in [0.3, 0.4) is 0 Å². The van der Waals surface area contributed by atoms with Crippen molar-refractivity contribution >= 4 is 11.6 Å². The first kappa shape index (κ1) is 9.24. The zero-order valence-electron chi connectivity index (χ0n) is 8.67. The van der Waals surface area contributed by atoms with Crippen LogP contribution < -0.4 is 11.1 Å². The number of anilines is 2. The van der Waals surface area contributed by atoms with E-state index in [1.54, 1.807) is 6.07 Å². The molecule has 2 rings (SSSR count). The van der Waals surface area contributed by atoms with Gasteiger partial charge in [-0.1, -0.05) is 0 Å². The van der Waals surface area contributed by atoms with Crippen molar-refractivity contribution in [2.24, 2.45) is 0 Å². The molecule has 76 valence electrons. The van der Waals surface area contributed by atoms with E-state index >= 15 is 0 Å². The topological polar surface area (TPSA) is 63.8 Å². The first-order chi connectivity index (χ1) is 6.57. The van der Waals surface area contributed by atoms with Crippen molar-refractivity contribution in [2.45, 2.75) is 38.6 Å². The van der Waals surface area contributed by atoms with E-state index in [1.807, 2.05) is 6.92 Å². The van der Waals surface area contributed by atoms with Crippen molar-refractivity contribution in [3.05, 3.63) is 11.9 Å². The Balaban J connectivity index is 2.16. The molecular weight excluding hydrogens is 176 g/mol. The number of rotatable bonds is 2. The van der Waals surface area contributed by atoms with Gasteiger partial charge in [0, 0.05) is 11.6 Å². The molecule has 0 unspecified atom stereocenters. The summed E-state index contributed by atoms with van der Waals surface area (Å²) in [5.41, 5.74) is 5.86. The Morgan fingerprint density at radius 3 is 2.64 bits per heavy atom. The molecule has 1 saturated carbocycles. The second-order valence-electron chi connectivity index (χ2n) is 4.26. The lowest BCUT2D eigenvalue weighted by Gasteiger charge is -2.39. The summed E-state index contributed by atoms with van der Waals surface area (Å²) in [5, 5.41) is 3.41. The number of nitrogens with one attached hydrogen (secondary N) is 1. The zero-order valence-corrected chi connectivity index (χ0v) is 8.67. The fourth-order valence-electron chi connectivity index (χ4n) is 1.80. The third-order valence-corrected chi connectivity index (χ3v) is 2.74. The Labute approximate surface area is 83.9 Å². The number of nitrogen functional groups attached to an aromatic ring is 1. The van der Waals surface area contributed by atoms with E-state index in [2.05, 4.69) is 22.2 Å². The van der Waals surface area contributed by atoms with Crippen LogP contribution >= 0.6 is 0 Å². The highest BCUT2D eigenvalue weighted by Gasteiger charge is 2.31. The molecule has 1 heterocycles. The summed E-state index contributed by atoms with van der Waals surface area (Å²) < 4.78 is 0. The van der Waals surface area contributed by atoms with Crippen LogP contribution in [-0.2, 0) is 0 Å². The molecule has 0 atom stereocenters. The molecule has 3 N–H and O–H groups in total. The van der Waals surface area contributed by atoms with Crippen molar-refractivity contribution in [1.29, 1.82) is 0 Å². The quantitative estimate of drug-likeness (QED) is 0.749. The van der Waals surface area contributed by atoms with Gasteiger partial charge in [0.25, 0.3) is 0 Å². The predicted octanol–water partition coefficient (Wildman–Crippen LogP) is 1.72. The third-order valence-electron chi connectivity index (χ3n) is 2.74. The molecule has 0 saturated heterocycles. The number of aryl methyl sites for hydroxylation is 1. The lowest BCUT2D eigenvalue weighted by atomic mass is 9.78. The maximum absolute atomic E-state index is 5.65. The van der Waals surface area contributed by atoms with Gasteiger partial charge < -0.3 is 11.1 Å². The summed E-state index contributed by atoms with van der Waals surface area (Å²) in [6.07, 6.45) is 3.70.